The van der Waals surface area contributed by atoms with Crippen LogP contribution in [0.15, 0.2) is 28.0 Å². The fourth-order valence-electron chi connectivity index (χ4n) is 3.41. The molecule has 0 unspecified atom stereocenters. The first kappa shape index (κ1) is 21.0. The van der Waals surface area contributed by atoms with Gasteiger partial charge in [0.1, 0.15) is 15.8 Å². The minimum atomic E-state index is -0.223. The molecule has 2 fully saturated rings. The van der Waals surface area contributed by atoms with Gasteiger partial charge < -0.3 is 10.1 Å². The Morgan fingerprint density at radius 1 is 1.33 bits per heavy atom. The van der Waals surface area contributed by atoms with E-state index in [1.54, 1.807) is 19.3 Å². The lowest BCUT2D eigenvalue weighted by atomic mass is 10.2. The first-order valence-corrected chi connectivity index (χ1v) is 11.0. The van der Waals surface area contributed by atoms with Crippen molar-refractivity contribution in [3.05, 3.63) is 44.7 Å². The van der Waals surface area contributed by atoms with Crippen LogP contribution in [-0.2, 0) is 9.53 Å². The van der Waals surface area contributed by atoms with Gasteiger partial charge in [0.05, 0.1) is 23.7 Å². The highest BCUT2D eigenvalue weighted by atomic mass is 32.2. The second-order valence-electron chi connectivity index (χ2n) is 7.19. The molecule has 2 aliphatic heterocycles. The van der Waals surface area contributed by atoms with Crippen LogP contribution >= 0.6 is 24.0 Å². The molecule has 1 N–H and O–H groups in total. The normalized spacial score (nSPS) is 19.3. The average molecular weight is 446 g/mol. The third-order valence-electron chi connectivity index (χ3n) is 5.17. The van der Waals surface area contributed by atoms with E-state index in [0.717, 1.165) is 38.4 Å². The first-order chi connectivity index (χ1) is 14.5. The Hall–Kier alpha value is -2.27. The molecule has 0 spiro atoms. The van der Waals surface area contributed by atoms with Crippen LogP contribution in [-0.4, -0.2) is 75.9 Å². The van der Waals surface area contributed by atoms with Crippen molar-refractivity contribution in [3.8, 4) is 0 Å². The van der Waals surface area contributed by atoms with Crippen LogP contribution in [0, 0.1) is 6.92 Å². The van der Waals surface area contributed by atoms with Gasteiger partial charge in [-0.2, -0.15) is 0 Å². The molecule has 0 radical (unpaired) electrons. The summed E-state index contributed by atoms with van der Waals surface area (Å²) in [6, 6.07) is 3.73. The maximum Gasteiger partial charge on any atom is 0.267 e. The van der Waals surface area contributed by atoms with Crippen molar-refractivity contribution in [2.45, 2.75) is 6.92 Å². The van der Waals surface area contributed by atoms with Crippen LogP contribution in [0.5, 0.6) is 0 Å². The Morgan fingerprint density at radius 3 is 2.80 bits per heavy atom. The number of ether oxygens (including phenoxy) is 1. The van der Waals surface area contributed by atoms with Crippen LogP contribution in [0.4, 0.5) is 5.82 Å². The quantitative estimate of drug-likeness (QED) is 0.549. The van der Waals surface area contributed by atoms with E-state index in [0.29, 0.717) is 32.8 Å². The number of anilines is 1. The largest absolute Gasteiger partial charge is 0.379 e. The number of rotatable bonds is 5. The molecule has 4 heterocycles. The van der Waals surface area contributed by atoms with Crippen LogP contribution in [0.2, 0.25) is 0 Å². The zero-order valence-corrected chi connectivity index (χ0v) is 18.5. The summed E-state index contributed by atoms with van der Waals surface area (Å²) in [5, 5.41) is 3.31. The van der Waals surface area contributed by atoms with Gasteiger partial charge in [-0.25, -0.2) is 4.98 Å². The predicted octanol–water partition coefficient (Wildman–Crippen LogP) is 1.58. The number of carbonyl (C=O) groups is 1. The van der Waals surface area contributed by atoms with Crippen molar-refractivity contribution in [1.29, 1.82) is 0 Å². The number of carbonyl (C=O) groups excluding carboxylic acids is 1. The van der Waals surface area contributed by atoms with E-state index in [4.69, 9.17) is 21.9 Å². The van der Waals surface area contributed by atoms with E-state index < -0.39 is 0 Å². The third-order valence-corrected chi connectivity index (χ3v) is 6.66. The Morgan fingerprint density at radius 2 is 2.10 bits per heavy atom. The SMILES string of the molecule is Cc1cccn2c(=O)c(/C=C3/SC(=S)N(C)C3=O)c(NCCN3CCOCC3)nc12. The number of nitrogens with zero attached hydrogens (tertiary/aromatic N) is 4. The number of thioether (sulfide) groups is 1. The number of nitrogens with one attached hydrogen (secondary N) is 1. The van der Waals surface area contributed by atoms with Crippen molar-refractivity contribution >= 4 is 51.7 Å². The Kier molecular flexibility index (Phi) is 6.19. The number of pyridine rings is 1. The van der Waals surface area contributed by atoms with Crippen molar-refractivity contribution in [2.24, 2.45) is 0 Å². The number of hydrogen-bond donors (Lipinski definition) is 1. The maximum absolute atomic E-state index is 13.3. The number of morpholine rings is 1. The lowest BCUT2D eigenvalue weighted by molar-refractivity contribution is -0.121. The van der Waals surface area contributed by atoms with Gasteiger partial charge in [-0.3, -0.25) is 23.8 Å². The van der Waals surface area contributed by atoms with Crippen molar-refractivity contribution < 1.29 is 9.53 Å². The molecular weight excluding hydrogens is 422 g/mol. The minimum Gasteiger partial charge on any atom is -0.379 e. The standard InChI is InChI=1S/C20H23N5O3S2/c1-13-4-3-6-25-17(13)22-16(21-5-7-24-8-10-28-11-9-24)14(18(25)26)12-15-19(27)23(2)20(29)30-15/h3-4,6,12,21H,5,7-11H2,1-2H3/b15-12+. The minimum absolute atomic E-state index is 0.210. The molecule has 0 aromatic carbocycles. The van der Waals surface area contributed by atoms with E-state index in [1.165, 1.54) is 21.1 Å². The Bertz CT molecular complexity index is 1090. The van der Waals surface area contributed by atoms with E-state index in [-0.39, 0.29) is 11.5 Å². The van der Waals surface area contributed by atoms with Gasteiger partial charge in [0.15, 0.2) is 0 Å². The van der Waals surface area contributed by atoms with E-state index in [9.17, 15) is 9.59 Å². The summed E-state index contributed by atoms with van der Waals surface area (Å²) in [6.07, 6.45) is 3.29. The monoisotopic (exact) mass is 445 g/mol. The molecule has 0 atom stereocenters. The van der Waals surface area contributed by atoms with Gasteiger partial charge >= 0.3 is 0 Å². The number of thiocarbonyl (C=S) groups is 1. The second-order valence-corrected chi connectivity index (χ2v) is 8.86. The van der Waals surface area contributed by atoms with Gasteiger partial charge in [-0.15, -0.1) is 0 Å². The number of hydrogen-bond acceptors (Lipinski definition) is 8. The molecule has 30 heavy (non-hydrogen) atoms. The zero-order valence-electron chi connectivity index (χ0n) is 16.9. The number of aromatic nitrogens is 2. The predicted molar refractivity (Wildman–Crippen MR) is 123 cm³/mol. The van der Waals surface area contributed by atoms with Crippen LogP contribution in [0.1, 0.15) is 11.1 Å². The summed E-state index contributed by atoms with van der Waals surface area (Å²) >= 11 is 6.40. The lowest BCUT2D eigenvalue weighted by Gasteiger charge is -2.26. The van der Waals surface area contributed by atoms with Gasteiger partial charge in [0.2, 0.25) is 0 Å². The summed E-state index contributed by atoms with van der Waals surface area (Å²) in [4.78, 5) is 34.6. The smallest absolute Gasteiger partial charge is 0.267 e. The molecule has 4 rings (SSSR count). The Balaban J connectivity index is 1.70. The summed E-state index contributed by atoms with van der Waals surface area (Å²) in [6.45, 7) is 6.61. The molecule has 8 nitrogen and oxygen atoms in total. The summed E-state index contributed by atoms with van der Waals surface area (Å²) < 4.78 is 7.37. The molecule has 2 saturated heterocycles. The van der Waals surface area contributed by atoms with E-state index in [1.807, 2.05) is 19.1 Å². The first-order valence-electron chi connectivity index (χ1n) is 9.73. The fraction of sp³-hybridized carbons (Fsp3) is 0.400. The molecule has 2 aromatic heterocycles. The highest BCUT2D eigenvalue weighted by Gasteiger charge is 2.29. The van der Waals surface area contributed by atoms with Crippen molar-refractivity contribution in [3.63, 3.8) is 0 Å². The van der Waals surface area contributed by atoms with Crippen molar-refractivity contribution in [2.75, 3.05) is 51.8 Å². The number of amides is 1. The fourth-order valence-corrected chi connectivity index (χ4v) is 4.57. The third kappa shape index (κ3) is 4.13. The summed E-state index contributed by atoms with van der Waals surface area (Å²) in [5.41, 5.74) is 1.63. The van der Waals surface area contributed by atoms with Gasteiger partial charge in [0, 0.05) is 39.4 Å². The molecule has 0 bridgehead atoms. The number of likely N-dealkylation sites (N-methyl/N-ethyl adjacent to an activating group) is 1. The summed E-state index contributed by atoms with van der Waals surface area (Å²) in [5.74, 6) is 0.266. The van der Waals surface area contributed by atoms with E-state index in [2.05, 4.69) is 10.2 Å². The molecular formula is C20H23N5O3S2. The highest BCUT2D eigenvalue weighted by Crippen LogP contribution is 2.31. The van der Waals surface area contributed by atoms with Crippen molar-refractivity contribution in [1.82, 2.24) is 19.2 Å². The number of fused-ring (bicyclic) bond motifs is 1. The average Bonchev–Trinajstić information content (AvgIpc) is 2.99. The maximum atomic E-state index is 13.3. The second kappa shape index (κ2) is 8.84. The molecule has 2 aliphatic rings. The molecule has 0 aliphatic carbocycles. The van der Waals surface area contributed by atoms with Crippen LogP contribution < -0.4 is 10.9 Å². The molecule has 0 saturated carbocycles. The van der Waals surface area contributed by atoms with Gasteiger partial charge in [-0.1, -0.05) is 30.0 Å². The molecule has 1 amide bonds. The topological polar surface area (TPSA) is 79.2 Å². The van der Waals surface area contributed by atoms with Gasteiger partial charge in [0.25, 0.3) is 11.5 Å². The molecule has 10 heteroatoms. The van der Waals surface area contributed by atoms with E-state index >= 15 is 0 Å². The molecule has 2 aromatic rings. The zero-order chi connectivity index (χ0) is 21.3. The number of aryl methyl sites for hydroxylation is 1. The van der Waals surface area contributed by atoms with Crippen LogP contribution in [0.25, 0.3) is 11.7 Å². The molecule has 158 valence electrons. The Labute approximate surface area is 183 Å². The lowest BCUT2D eigenvalue weighted by Crippen LogP contribution is -2.39. The van der Waals surface area contributed by atoms with Gasteiger partial charge in [-0.05, 0) is 24.6 Å². The summed E-state index contributed by atoms with van der Waals surface area (Å²) in [7, 11) is 1.63. The highest BCUT2D eigenvalue weighted by molar-refractivity contribution is 8.26. The van der Waals surface area contributed by atoms with Crippen LogP contribution in [0.3, 0.4) is 0 Å².